The number of nitrogens with one attached hydrogen (secondary N) is 2. The van der Waals surface area contributed by atoms with E-state index < -0.39 is 11.9 Å². The molecule has 0 fully saturated rings. The lowest BCUT2D eigenvalue weighted by molar-refractivity contribution is 0.0587. The van der Waals surface area contributed by atoms with E-state index in [1.54, 1.807) is 26.4 Å². The number of benzene rings is 8. The van der Waals surface area contributed by atoms with E-state index in [-0.39, 0.29) is 47.8 Å². The molecule has 2 N–H and O–H groups in total. The summed E-state index contributed by atoms with van der Waals surface area (Å²) in [6.45, 7) is 5.35. The van der Waals surface area contributed by atoms with Crippen molar-refractivity contribution in [1.29, 1.82) is 0 Å². The number of ether oxygens (including phenoxy) is 6. The number of halogens is 2. The molecular weight excluding hydrogens is 939 g/mol. The highest BCUT2D eigenvalue weighted by atomic mass is 19.1. The fourth-order valence-electron chi connectivity index (χ4n) is 10.6. The molecule has 2 aliphatic heterocycles. The van der Waals surface area contributed by atoms with Crippen LogP contribution in [0, 0.1) is 11.6 Å². The second kappa shape index (κ2) is 23.0. The van der Waals surface area contributed by atoms with Gasteiger partial charge in [0.2, 0.25) is 0 Å². The molecule has 0 amide bonds. The summed E-state index contributed by atoms with van der Waals surface area (Å²) in [5.74, 6) is 1.32. The van der Waals surface area contributed by atoms with E-state index in [9.17, 15) is 18.4 Å². The number of hydrogen-bond acceptors (Lipinski definition) is 10. The third-order valence-corrected chi connectivity index (χ3v) is 14.3. The van der Waals surface area contributed by atoms with Crippen molar-refractivity contribution in [3.8, 4) is 23.0 Å². The number of para-hydroxylation sites is 4. The van der Waals surface area contributed by atoms with Crippen molar-refractivity contribution in [3.05, 3.63) is 214 Å². The summed E-state index contributed by atoms with van der Waals surface area (Å²) in [6.07, 6.45) is 1.14. The molecule has 0 unspecified atom stereocenters. The maximum Gasteiger partial charge on any atom is 0.341 e. The summed E-state index contributed by atoms with van der Waals surface area (Å²) in [6, 6.07) is 48.9. The van der Waals surface area contributed by atoms with Crippen molar-refractivity contribution >= 4 is 33.5 Å². The minimum atomic E-state index is -0.433. The highest BCUT2D eigenvalue weighted by molar-refractivity contribution is 5.94. The minimum absolute atomic E-state index is 0.0121. The quantitative estimate of drug-likeness (QED) is 0.102. The smallest absolute Gasteiger partial charge is 0.341 e. The molecule has 0 aromatic heterocycles. The molecule has 380 valence electrons. The summed E-state index contributed by atoms with van der Waals surface area (Å²) in [4.78, 5) is 24.8. The number of fused-ring (bicyclic) bond motifs is 4. The Morgan fingerprint density at radius 2 is 0.851 bits per heavy atom. The Bertz CT molecular complexity index is 3090. The first-order valence-electron chi connectivity index (χ1n) is 24.9. The van der Waals surface area contributed by atoms with Crippen LogP contribution in [0.3, 0.4) is 0 Å². The second-order valence-corrected chi connectivity index (χ2v) is 18.6. The Morgan fingerprint density at radius 1 is 0.486 bits per heavy atom. The van der Waals surface area contributed by atoms with Crippen LogP contribution in [0.15, 0.2) is 158 Å². The first kappa shape index (κ1) is 51.1. The molecule has 10 nitrogen and oxygen atoms in total. The van der Waals surface area contributed by atoms with Crippen molar-refractivity contribution in [2.45, 2.75) is 62.8 Å². The van der Waals surface area contributed by atoms with Gasteiger partial charge in [0.25, 0.3) is 0 Å². The maximum atomic E-state index is 14.3. The average Bonchev–Trinajstić information content (AvgIpc) is 3.45. The number of methoxy groups -OCH3 is 4. The molecule has 0 saturated carbocycles. The van der Waals surface area contributed by atoms with Crippen molar-refractivity contribution in [1.82, 2.24) is 10.6 Å². The normalized spacial score (nSPS) is 17.5. The predicted octanol–water partition coefficient (Wildman–Crippen LogP) is 12.8. The lowest BCUT2D eigenvalue weighted by Crippen LogP contribution is -2.37. The lowest BCUT2D eigenvalue weighted by Gasteiger charge is -2.34. The molecule has 74 heavy (non-hydrogen) atoms. The van der Waals surface area contributed by atoms with E-state index in [1.807, 2.05) is 121 Å². The van der Waals surface area contributed by atoms with Gasteiger partial charge in [-0.2, -0.15) is 0 Å². The molecule has 8 aromatic carbocycles. The summed E-state index contributed by atoms with van der Waals surface area (Å²) in [5, 5.41) is 10.2. The van der Waals surface area contributed by atoms with Gasteiger partial charge in [-0.1, -0.05) is 121 Å². The van der Waals surface area contributed by atoms with Gasteiger partial charge in [0, 0.05) is 70.0 Å². The van der Waals surface area contributed by atoms with Crippen LogP contribution in [0.1, 0.15) is 105 Å². The molecule has 2 aliphatic rings. The zero-order valence-corrected chi connectivity index (χ0v) is 42.3. The average molecular weight is 999 g/mol. The SMILES string of the molecule is COC(=O)c1cccc([C@@H]2C[C@H](CN[C@H](C)c3ccc(F)c4ccccc34)Oc3ccccc32)c1OC.COC(=O)c1cccc([C@H]2C[C@H](CN[C@H](C)c3ccc(F)c4ccccc34)Oc3ccccc32)c1OC. The summed E-state index contributed by atoms with van der Waals surface area (Å²) in [5.41, 5.74) is 6.83. The zero-order chi connectivity index (χ0) is 51.9. The Kier molecular flexibility index (Phi) is 15.9. The Labute approximate surface area is 430 Å². The minimum Gasteiger partial charge on any atom is -0.496 e. The Hall–Kier alpha value is -7.80. The van der Waals surface area contributed by atoms with Gasteiger partial charge in [0.1, 0.15) is 58.0 Å². The van der Waals surface area contributed by atoms with Crippen LogP contribution >= 0.6 is 0 Å². The van der Waals surface area contributed by atoms with E-state index in [2.05, 4.69) is 36.6 Å². The number of esters is 2. The predicted molar refractivity (Wildman–Crippen MR) is 284 cm³/mol. The summed E-state index contributed by atoms with van der Waals surface area (Å²) >= 11 is 0. The van der Waals surface area contributed by atoms with Gasteiger partial charge in [0.05, 0.1) is 28.4 Å². The van der Waals surface area contributed by atoms with Gasteiger partial charge in [-0.3, -0.25) is 0 Å². The lowest BCUT2D eigenvalue weighted by atomic mass is 9.83. The van der Waals surface area contributed by atoms with Gasteiger partial charge < -0.3 is 39.1 Å². The fraction of sp³-hybridized carbons (Fsp3) is 0.258. The number of carbonyl (C=O) groups excluding carboxylic acids is 2. The van der Waals surface area contributed by atoms with Crippen LogP contribution in [0.4, 0.5) is 8.78 Å². The summed E-state index contributed by atoms with van der Waals surface area (Å²) in [7, 11) is 5.88. The van der Waals surface area contributed by atoms with Crippen LogP contribution in [0.5, 0.6) is 23.0 Å². The van der Waals surface area contributed by atoms with Crippen LogP contribution in [0.2, 0.25) is 0 Å². The number of hydrogen-bond donors (Lipinski definition) is 2. The van der Waals surface area contributed by atoms with E-state index in [0.29, 0.717) is 59.3 Å². The highest BCUT2D eigenvalue weighted by Crippen LogP contribution is 2.46. The van der Waals surface area contributed by atoms with Crippen LogP contribution in [-0.2, 0) is 9.47 Å². The molecular formula is C62H60F2N2O8. The maximum absolute atomic E-state index is 14.3. The molecule has 10 rings (SSSR count). The molecule has 12 heteroatoms. The van der Waals surface area contributed by atoms with Gasteiger partial charge in [0.15, 0.2) is 0 Å². The number of rotatable bonds is 14. The van der Waals surface area contributed by atoms with Crippen LogP contribution in [-0.4, -0.2) is 65.7 Å². The topological polar surface area (TPSA) is 114 Å². The van der Waals surface area contributed by atoms with E-state index in [0.717, 1.165) is 55.7 Å². The molecule has 0 spiro atoms. The Morgan fingerprint density at radius 3 is 1.24 bits per heavy atom. The van der Waals surface area contributed by atoms with Gasteiger partial charge in [-0.15, -0.1) is 0 Å². The van der Waals surface area contributed by atoms with Crippen molar-refractivity contribution in [3.63, 3.8) is 0 Å². The first-order chi connectivity index (χ1) is 36.0. The molecule has 2 heterocycles. The van der Waals surface area contributed by atoms with Crippen LogP contribution in [0.25, 0.3) is 21.5 Å². The van der Waals surface area contributed by atoms with Gasteiger partial charge in [-0.05, 0) is 85.0 Å². The second-order valence-electron chi connectivity index (χ2n) is 18.6. The highest BCUT2D eigenvalue weighted by Gasteiger charge is 2.35. The molecule has 0 bridgehead atoms. The van der Waals surface area contributed by atoms with E-state index in [4.69, 9.17) is 28.4 Å². The summed E-state index contributed by atoms with van der Waals surface area (Å²) < 4.78 is 62.9. The van der Waals surface area contributed by atoms with Crippen molar-refractivity contribution < 1.29 is 46.8 Å². The van der Waals surface area contributed by atoms with Gasteiger partial charge in [-0.25, -0.2) is 18.4 Å². The van der Waals surface area contributed by atoms with Crippen LogP contribution < -0.4 is 29.6 Å². The van der Waals surface area contributed by atoms with E-state index >= 15 is 0 Å². The molecule has 6 atom stereocenters. The van der Waals surface area contributed by atoms with E-state index in [1.165, 1.54) is 26.4 Å². The number of carbonyl (C=O) groups is 2. The Balaban J connectivity index is 0.000000182. The molecule has 0 aliphatic carbocycles. The largest absolute Gasteiger partial charge is 0.496 e. The third kappa shape index (κ3) is 10.5. The van der Waals surface area contributed by atoms with Crippen molar-refractivity contribution in [2.24, 2.45) is 0 Å². The standard InChI is InChI=1S/2C31H30FNO4/c2*1-19(21-15-16-28(32)23-10-5-4-9-22(21)23)33-18-20-17-27(24-11-6-7-14-29(24)37-20)25-12-8-13-26(30(25)35-2)31(34)36-3/h2*4-16,19-20,27,33H,17-18H2,1-3H3/t19-,20-,27+;19-,20-,27-/m11/s1. The fourth-order valence-corrected chi connectivity index (χ4v) is 10.6. The molecule has 0 radical (unpaired) electrons. The monoisotopic (exact) mass is 998 g/mol. The first-order valence-corrected chi connectivity index (χ1v) is 24.9. The third-order valence-electron chi connectivity index (χ3n) is 14.3. The van der Waals surface area contributed by atoms with Crippen molar-refractivity contribution in [2.75, 3.05) is 41.5 Å². The van der Waals surface area contributed by atoms with Gasteiger partial charge >= 0.3 is 11.9 Å². The molecule has 0 saturated heterocycles. The molecule has 8 aromatic rings. The zero-order valence-electron chi connectivity index (χ0n) is 42.3.